The van der Waals surface area contributed by atoms with Gasteiger partial charge in [0.1, 0.15) is 5.75 Å². The van der Waals surface area contributed by atoms with Gasteiger partial charge in [0.05, 0.1) is 32.5 Å². The molecule has 0 radical (unpaired) electrons. The molecule has 0 fully saturated rings. The summed E-state index contributed by atoms with van der Waals surface area (Å²) in [5.41, 5.74) is 4.37. The zero-order valence-electron chi connectivity index (χ0n) is 21.2. The van der Waals surface area contributed by atoms with E-state index < -0.39 is 0 Å². The Hall–Kier alpha value is -3.35. The highest BCUT2D eigenvalue weighted by Gasteiger charge is 2.15. The molecule has 7 nitrogen and oxygen atoms in total. The smallest absolute Gasteiger partial charge is 0.338 e. The number of methoxy groups -OCH3 is 1. The lowest BCUT2D eigenvalue weighted by molar-refractivity contribution is -0.144. The Morgan fingerprint density at radius 1 is 0.686 bits per heavy atom. The van der Waals surface area contributed by atoms with Crippen LogP contribution >= 0.6 is 0 Å². The van der Waals surface area contributed by atoms with Gasteiger partial charge in [-0.15, -0.1) is 0 Å². The second kappa shape index (κ2) is 14.8. The summed E-state index contributed by atoms with van der Waals surface area (Å²) in [5, 5.41) is 0. The minimum atomic E-state index is -0.354. The summed E-state index contributed by atoms with van der Waals surface area (Å²) in [6.45, 7) is 6.41. The van der Waals surface area contributed by atoms with Crippen LogP contribution < -0.4 is 4.74 Å². The number of esters is 3. The third-order valence-corrected chi connectivity index (χ3v) is 5.44. The van der Waals surface area contributed by atoms with Gasteiger partial charge in [-0.1, -0.05) is 12.1 Å². The molecule has 35 heavy (non-hydrogen) atoms. The highest BCUT2D eigenvalue weighted by molar-refractivity contribution is 5.90. The number of ether oxygens (including phenoxy) is 4. The molecule has 0 spiro atoms. The molecule has 2 aromatic carbocycles. The number of carbonyl (C=O) groups is 3. The van der Waals surface area contributed by atoms with E-state index in [0.29, 0.717) is 63.9 Å². The van der Waals surface area contributed by atoms with Crippen molar-refractivity contribution < 1.29 is 33.3 Å². The van der Waals surface area contributed by atoms with E-state index >= 15 is 0 Å². The summed E-state index contributed by atoms with van der Waals surface area (Å²) in [5.74, 6) is -0.0172. The van der Waals surface area contributed by atoms with Gasteiger partial charge in [-0.25, -0.2) is 4.79 Å². The summed E-state index contributed by atoms with van der Waals surface area (Å²) in [7, 11) is 1.63. The lowest BCUT2D eigenvalue weighted by Gasteiger charge is -2.17. The average Bonchev–Trinajstić information content (AvgIpc) is 2.84. The molecular formula is C28H36O7. The molecule has 0 bridgehead atoms. The van der Waals surface area contributed by atoms with Crippen LogP contribution in [-0.2, 0) is 36.6 Å². The van der Waals surface area contributed by atoms with Crippen LogP contribution in [0.4, 0.5) is 0 Å². The van der Waals surface area contributed by atoms with E-state index in [-0.39, 0.29) is 17.9 Å². The first-order valence-electron chi connectivity index (χ1n) is 12.2. The molecule has 0 N–H and O–H groups in total. The fourth-order valence-electron chi connectivity index (χ4n) is 3.88. The molecular weight excluding hydrogens is 448 g/mol. The first-order chi connectivity index (χ1) is 16.9. The number of hydrogen-bond donors (Lipinski definition) is 0. The Morgan fingerprint density at radius 3 is 1.60 bits per heavy atom. The molecule has 0 aliphatic heterocycles. The monoisotopic (exact) mass is 484 g/mol. The van der Waals surface area contributed by atoms with Crippen LogP contribution in [0.15, 0.2) is 36.4 Å². The minimum absolute atomic E-state index is 0.216. The maximum absolute atomic E-state index is 12.0. The molecule has 0 saturated carbocycles. The van der Waals surface area contributed by atoms with Gasteiger partial charge in [0.25, 0.3) is 0 Å². The molecule has 2 aromatic rings. The number of carbonyl (C=O) groups excluding carboxylic acids is 3. The van der Waals surface area contributed by atoms with Crippen LogP contribution in [0.25, 0.3) is 11.1 Å². The van der Waals surface area contributed by atoms with Crippen molar-refractivity contribution in [3.63, 3.8) is 0 Å². The van der Waals surface area contributed by atoms with Gasteiger partial charge in [0.15, 0.2) is 0 Å². The second-order valence-electron chi connectivity index (χ2n) is 7.94. The van der Waals surface area contributed by atoms with E-state index in [2.05, 4.69) is 12.1 Å². The van der Waals surface area contributed by atoms with Crippen LogP contribution in [0.2, 0.25) is 0 Å². The molecule has 2 rings (SSSR count). The topological polar surface area (TPSA) is 88.1 Å². The van der Waals surface area contributed by atoms with Crippen molar-refractivity contribution >= 4 is 17.9 Å². The van der Waals surface area contributed by atoms with Gasteiger partial charge in [0, 0.05) is 12.8 Å². The largest absolute Gasteiger partial charge is 0.496 e. The normalized spacial score (nSPS) is 10.5. The molecule has 0 heterocycles. The van der Waals surface area contributed by atoms with Crippen molar-refractivity contribution in [2.75, 3.05) is 26.9 Å². The lowest BCUT2D eigenvalue weighted by atomic mass is 9.93. The van der Waals surface area contributed by atoms with Crippen LogP contribution in [0.3, 0.4) is 0 Å². The average molecular weight is 485 g/mol. The van der Waals surface area contributed by atoms with E-state index in [1.807, 2.05) is 12.1 Å². The van der Waals surface area contributed by atoms with E-state index in [1.54, 1.807) is 40.0 Å². The third kappa shape index (κ3) is 8.74. The molecule has 0 aliphatic carbocycles. The van der Waals surface area contributed by atoms with Gasteiger partial charge in [-0.3, -0.25) is 9.59 Å². The van der Waals surface area contributed by atoms with Crippen LogP contribution in [0, 0.1) is 0 Å². The van der Waals surface area contributed by atoms with Crippen LogP contribution in [0.1, 0.15) is 67.9 Å². The van der Waals surface area contributed by atoms with E-state index in [0.717, 1.165) is 28.0 Å². The Morgan fingerprint density at radius 2 is 1.17 bits per heavy atom. The SMILES string of the molecule is CCOC(=O)CCCc1cc(-c2ccc(C(=O)OCC)cc2)cc(CCCC(=O)OCC)c1OC. The van der Waals surface area contributed by atoms with Gasteiger partial charge in [0.2, 0.25) is 0 Å². The van der Waals surface area contributed by atoms with E-state index in [1.165, 1.54) is 0 Å². The molecule has 0 atom stereocenters. The number of aryl methyl sites for hydroxylation is 2. The van der Waals surface area contributed by atoms with Gasteiger partial charge >= 0.3 is 17.9 Å². The Kier molecular flexibility index (Phi) is 11.8. The van der Waals surface area contributed by atoms with Crippen molar-refractivity contribution in [3.8, 4) is 16.9 Å². The zero-order valence-corrected chi connectivity index (χ0v) is 21.2. The summed E-state index contributed by atoms with van der Waals surface area (Å²) in [6, 6.07) is 11.4. The van der Waals surface area contributed by atoms with Crippen LogP contribution in [0.5, 0.6) is 5.75 Å². The van der Waals surface area contributed by atoms with Crippen LogP contribution in [-0.4, -0.2) is 44.8 Å². The van der Waals surface area contributed by atoms with Gasteiger partial charge < -0.3 is 18.9 Å². The predicted octanol–water partition coefficient (Wildman–Crippen LogP) is 5.31. The molecule has 0 aliphatic rings. The fraction of sp³-hybridized carbons (Fsp3) is 0.464. The van der Waals surface area contributed by atoms with Crippen molar-refractivity contribution in [3.05, 3.63) is 53.1 Å². The van der Waals surface area contributed by atoms with Crippen molar-refractivity contribution in [2.24, 2.45) is 0 Å². The summed E-state index contributed by atoms with van der Waals surface area (Å²) in [4.78, 5) is 35.6. The number of rotatable bonds is 14. The van der Waals surface area contributed by atoms with Gasteiger partial charge in [-0.2, -0.15) is 0 Å². The maximum atomic E-state index is 12.0. The fourth-order valence-corrected chi connectivity index (χ4v) is 3.88. The maximum Gasteiger partial charge on any atom is 0.338 e. The first-order valence-corrected chi connectivity index (χ1v) is 12.2. The zero-order chi connectivity index (χ0) is 25.6. The summed E-state index contributed by atoms with van der Waals surface area (Å²) in [6.07, 6.45) is 3.19. The molecule has 7 heteroatoms. The Balaban J connectivity index is 2.32. The number of benzene rings is 2. The standard InChI is InChI=1S/C28H36O7/c1-5-33-25(29)12-8-10-22-18-24(20-14-16-21(17-15-20)28(31)35-7-3)19-23(27(22)32-4)11-9-13-26(30)34-6-2/h14-19H,5-13H2,1-4H3. The highest BCUT2D eigenvalue weighted by Crippen LogP contribution is 2.33. The highest BCUT2D eigenvalue weighted by atomic mass is 16.5. The van der Waals surface area contributed by atoms with Crippen molar-refractivity contribution in [1.82, 2.24) is 0 Å². The summed E-state index contributed by atoms with van der Waals surface area (Å²) < 4.78 is 20.9. The lowest BCUT2D eigenvalue weighted by Crippen LogP contribution is -2.06. The molecule has 0 amide bonds. The minimum Gasteiger partial charge on any atom is -0.496 e. The predicted molar refractivity (Wildman–Crippen MR) is 134 cm³/mol. The summed E-state index contributed by atoms with van der Waals surface area (Å²) >= 11 is 0. The Bertz CT molecular complexity index is 934. The van der Waals surface area contributed by atoms with Gasteiger partial charge in [-0.05, 0) is 93.0 Å². The number of hydrogen-bond acceptors (Lipinski definition) is 7. The Labute approximate surface area is 207 Å². The van der Waals surface area contributed by atoms with E-state index in [4.69, 9.17) is 18.9 Å². The molecule has 0 aromatic heterocycles. The molecule has 190 valence electrons. The molecule has 0 saturated heterocycles. The third-order valence-electron chi connectivity index (χ3n) is 5.44. The molecule has 0 unspecified atom stereocenters. The quantitative estimate of drug-likeness (QED) is 0.265. The first kappa shape index (κ1) is 27.9. The van der Waals surface area contributed by atoms with E-state index in [9.17, 15) is 14.4 Å². The second-order valence-corrected chi connectivity index (χ2v) is 7.94. The van der Waals surface area contributed by atoms with Crippen molar-refractivity contribution in [2.45, 2.75) is 59.3 Å². The van der Waals surface area contributed by atoms with Crippen molar-refractivity contribution in [1.29, 1.82) is 0 Å².